The Kier molecular flexibility index (Phi) is 6.17. The lowest BCUT2D eigenvalue weighted by Gasteiger charge is -2.15. The first-order valence-corrected chi connectivity index (χ1v) is 8.89. The molecule has 0 radical (unpaired) electrons. The molecule has 5 heteroatoms. The summed E-state index contributed by atoms with van der Waals surface area (Å²) >= 11 is 0. The van der Waals surface area contributed by atoms with Gasteiger partial charge in [-0.1, -0.05) is 24.3 Å². The molecule has 0 amide bonds. The van der Waals surface area contributed by atoms with Crippen LogP contribution in [0.4, 0.5) is 11.4 Å². The molecule has 0 aliphatic heterocycles. The monoisotopic (exact) mass is 367 g/mol. The lowest BCUT2D eigenvalue weighted by Crippen LogP contribution is -2.00. The van der Waals surface area contributed by atoms with E-state index in [-0.39, 0.29) is 0 Å². The molecule has 0 fully saturated rings. The molecular formula is C23H21N5. The van der Waals surface area contributed by atoms with Gasteiger partial charge < -0.3 is 10.6 Å². The summed E-state index contributed by atoms with van der Waals surface area (Å²) in [6.45, 7) is 2.05. The molecule has 138 valence electrons. The maximum absolute atomic E-state index is 9.56. The quantitative estimate of drug-likeness (QED) is 0.657. The molecule has 0 aliphatic carbocycles. The van der Waals surface area contributed by atoms with Crippen molar-refractivity contribution in [2.75, 3.05) is 12.4 Å². The Balaban J connectivity index is 1.99. The zero-order chi connectivity index (χ0) is 19.8. The highest BCUT2D eigenvalue weighted by molar-refractivity contribution is 5.82. The minimum Gasteiger partial charge on any atom is -0.394 e. The summed E-state index contributed by atoms with van der Waals surface area (Å²) in [6, 6.07) is 12.1. The molecule has 0 atom stereocenters. The van der Waals surface area contributed by atoms with E-state index < -0.39 is 0 Å². The van der Waals surface area contributed by atoms with E-state index in [2.05, 4.69) is 39.7 Å². The Labute approximate surface area is 165 Å². The van der Waals surface area contributed by atoms with Crippen LogP contribution in [0.25, 0.3) is 18.2 Å². The van der Waals surface area contributed by atoms with Gasteiger partial charge >= 0.3 is 0 Å². The second-order valence-electron chi connectivity index (χ2n) is 6.14. The van der Waals surface area contributed by atoms with Crippen molar-refractivity contribution < 1.29 is 0 Å². The van der Waals surface area contributed by atoms with Gasteiger partial charge in [0.15, 0.2) is 0 Å². The first-order valence-electron chi connectivity index (χ1n) is 8.89. The SMILES string of the molecule is CN/C=C\c1cccc(Nc2c(C#N)cncc2/C=C/c2ccncc2)c1C. The van der Waals surface area contributed by atoms with E-state index in [1.54, 1.807) is 24.8 Å². The number of nitrogens with zero attached hydrogens (tertiary/aromatic N) is 3. The molecular weight excluding hydrogens is 346 g/mol. The van der Waals surface area contributed by atoms with Crippen LogP contribution in [0.3, 0.4) is 0 Å². The minimum atomic E-state index is 0.493. The van der Waals surface area contributed by atoms with Gasteiger partial charge in [-0.25, -0.2) is 0 Å². The number of hydrogen-bond acceptors (Lipinski definition) is 5. The molecule has 5 nitrogen and oxygen atoms in total. The normalized spacial score (nSPS) is 10.9. The van der Waals surface area contributed by atoms with Crippen molar-refractivity contribution >= 4 is 29.6 Å². The zero-order valence-corrected chi connectivity index (χ0v) is 15.8. The van der Waals surface area contributed by atoms with Crippen molar-refractivity contribution in [1.29, 1.82) is 5.26 Å². The smallest absolute Gasteiger partial charge is 0.103 e. The summed E-state index contributed by atoms with van der Waals surface area (Å²) in [5, 5.41) is 16.0. The summed E-state index contributed by atoms with van der Waals surface area (Å²) in [5.74, 6) is 0. The number of hydrogen-bond donors (Lipinski definition) is 2. The van der Waals surface area contributed by atoms with Crippen molar-refractivity contribution in [3.8, 4) is 6.07 Å². The van der Waals surface area contributed by atoms with Crippen LogP contribution in [0.1, 0.15) is 27.8 Å². The molecule has 0 aliphatic rings. The first kappa shape index (κ1) is 18.9. The summed E-state index contributed by atoms with van der Waals surface area (Å²) in [4.78, 5) is 8.23. The molecule has 0 spiro atoms. The summed E-state index contributed by atoms with van der Waals surface area (Å²) in [7, 11) is 1.87. The van der Waals surface area contributed by atoms with E-state index in [9.17, 15) is 5.26 Å². The molecule has 2 N–H and O–H groups in total. The van der Waals surface area contributed by atoms with Crippen molar-refractivity contribution in [1.82, 2.24) is 15.3 Å². The lowest BCUT2D eigenvalue weighted by molar-refractivity contribution is 1.11. The molecule has 2 heterocycles. The van der Waals surface area contributed by atoms with Crippen molar-refractivity contribution in [2.24, 2.45) is 0 Å². The molecule has 0 bridgehead atoms. The average Bonchev–Trinajstić information content (AvgIpc) is 2.74. The molecule has 3 aromatic rings. The van der Waals surface area contributed by atoms with Crippen molar-refractivity contribution in [3.05, 3.63) is 89.1 Å². The van der Waals surface area contributed by atoms with Gasteiger partial charge in [-0.3, -0.25) is 9.97 Å². The van der Waals surface area contributed by atoms with E-state index in [1.165, 1.54) is 0 Å². The Hall–Kier alpha value is -3.91. The van der Waals surface area contributed by atoms with E-state index in [1.807, 2.05) is 55.7 Å². The van der Waals surface area contributed by atoms with Crippen LogP contribution in [-0.2, 0) is 0 Å². The third-order valence-corrected chi connectivity index (χ3v) is 4.32. The number of benzene rings is 1. The van der Waals surface area contributed by atoms with Gasteiger partial charge in [0, 0.05) is 43.1 Å². The number of nitrogens with one attached hydrogen (secondary N) is 2. The fraction of sp³-hybridized carbons (Fsp3) is 0.0870. The highest BCUT2D eigenvalue weighted by Crippen LogP contribution is 2.29. The van der Waals surface area contributed by atoms with Crippen LogP contribution in [0, 0.1) is 18.3 Å². The van der Waals surface area contributed by atoms with E-state index in [4.69, 9.17) is 0 Å². The van der Waals surface area contributed by atoms with Crippen LogP contribution in [-0.4, -0.2) is 17.0 Å². The molecule has 1 aromatic carbocycles. The first-order chi connectivity index (χ1) is 13.7. The van der Waals surface area contributed by atoms with Gasteiger partial charge in [0.05, 0.1) is 11.3 Å². The Morgan fingerprint density at radius 3 is 2.54 bits per heavy atom. The molecule has 3 rings (SSSR count). The Morgan fingerprint density at radius 1 is 0.964 bits per heavy atom. The van der Waals surface area contributed by atoms with Crippen LogP contribution < -0.4 is 10.6 Å². The van der Waals surface area contributed by atoms with Crippen molar-refractivity contribution in [2.45, 2.75) is 6.92 Å². The van der Waals surface area contributed by atoms with Crippen LogP contribution in [0.15, 0.2) is 61.3 Å². The Morgan fingerprint density at radius 2 is 1.79 bits per heavy atom. The maximum atomic E-state index is 9.56. The second kappa shape index (κ2) is 9.15. The Bertz CT molecular complexity index is 1050. The summed E-state index contributed by atoms with van der Waals surface area (Å²) in [6.07, 6.45) is 14.7. The predicted octanol–water partition coefficient (Wildman–Crippen LogP) is 4.76. The maximum Gasteiger partial charge on any atom is 0.103 e. The molecule has 2 aromatic heterocycles. The highest BCUT2D eigenvalue weighted by Gasteiger charge is 2.10. The standard InChI is InChI=1S/C23H21N5/c1-17-19(10-11-25-2)4-3-5-22(17)28-23-20(15-27-16-21(23)14-24)7-6-18-8-12-26-13-9-18/h3-13,15-16,25H,1-2H3,(H,27,28)/b7-6+,11-10-. The average molecular weight is 367 g/mol. The highest BCUT2D eigenvalue weighted by atomic mass is 14.9. The largest absolute Gasteiger partial charge is 0.394 e. The van der Waals surface area contributed by atoms with Gasteiger partial charge in [0.25, 0.3) is 0 Å². The van der Waals surface area contributed by atoms with Crippen LogP contribution in [0.5, 0.6) is 0 Å². The van der Waals surface area contributed by atoms with E-state index >= 15 is 0 Å². The molecule has 0 saturated carbocycles. The third-order valence-electron chi connectivity index (χ3n) is 4.32. The molecule has 28 heavy (non-hydrogen) atoms. The summed E-state index contributed by atoms with van der Waals surface area (Å²) < 4.78 is 0. The third kappa shape index (κ3) is 4.43. The number of pyridine rings is 2. The fourth-order valence-electron chi connectivity index (χ4n) is 2.77. The van der Waals surface area contributed by atoms with E-state index in [0.29, 0.717) is 5.56 Å². The number of aromatic nitrogens is 2. The number of rotatable bonds is 6. The zero-order valence-electron chi connectivity index (χ0n) is 15.8. The van der Waals surface area contributed by atoms with Gasteiger partial charge in [0.1, 0.15) is 6.07 Å². The van der Waals surface area contributed by atoms with Gasteiger partial charge in [-0.2, -0.15) is 5.26 Å². The lowest BCUT2D eigenvalue weighted by atomic mass is 10.0. The number of nitriles is 1. The molecule has 0 saturated heterocycles. The van der Waals surface area contributed by atoms with Crippen molar-refractivity contribution in [3.63, 3.8) is 0 Å². The topological polar surface area (TPSA) is 73.6 Å². The fourth-order valence-corrected chi connectivity index (χ4v) is 2.77. The van der Waals surface area contributed by atoms with Crippen LogP contribution in [0.2, 0.25) is 0 Å². The summed E-state index contributed by atoms with van der Waals surface area (Å²) in [5.41, 5.74) is 6.23. The number of anilines is 2. The van der Waals surface area contributed by atoms with Gasteiger partial charge in [-0.05, 0) is 54.1 Å². The van der Waals surface area contributed by atoms with Crippen LogP contribution >= 0.6 is 0 Å². The van der Waals surface area contributed by atoms with Gasteiger partial charge in [-0.15, -0.1) is 0 Å². The minimum absolute atomic E-state index is 0.493. The van der Waals surface area contributed by atoms with Gasteiger partial charge in [0.2, 0.25) is 0 Å². The van der Waals surface area contributed by atoms with E-state index in [0.717, 1.165) is 33.6 Å². The second-order valence-corrected chi connectivity index (χ2v) is 6.14. The molecule has 0 unspecified atom stereocenters. The predicted molar refractivity (Wildman–Crippen MR) is 115 cm³/mol.